The molecule has 0 aromatic heterocycles. The summed E-state index contributed by atoms with van der Waals surface area (Å²) in [6.07, 6.45) is 10.6. The van der Waals surface area contributed by atoms with E-state index in [9.17, 15) is 4.79 Å². The molecule has 118 valence electrons. The van der Waals surface area contributed by atoms with Crippen molar-refractivity contribution in [2.45, 2.75) is 56.9 Å². The molecule has 5 fully saturated rings. The van der Waals surface area contributed by atoms with Crippen molar-refractivity contribution in [2.24, 2.45) is 23.7 Å². The van der Waals surface area contributed by atoms with E-state index in [1.165, 1.54) is 64.5 Å². The van der Waals surface area contributed by atoms with Crippen LogP contribution in [0.5, 0.6) is 0 Å². The summed E-state index contributed by atoms with van der Waals surface area (Å²) in [6, 6.07) is 0.0996. The number of urea groups is 1. The molecule has 4 bridgehead atoms. The molecule has 1 saturated heterocycles. The predicted octanol–water partition coefficient (Wildman–Crippen LogP) is 1.23. The normalized spacial score (nSPS) is 44.6. The van der Waals surface area contributed by atoms with E-state index in [4.69, 9.17) is 0 Å². The van der Waals surface area contributed by atoms with Gasteiger partial charge in [0.05, 0.1) is 13.1 Å². The first kappa shape index (κ1) is 13.9. The number of carbonyl (C=O) groups is 1. The molecule has 5 aliphatic rings. The number of rotatable bonds is 3. The summed E-state index contributed by atoms with van der Waals surface area (Å²) >= 11 is 0. The van der Waals surface area contributed by atoms with Crippen LogP contribution in [-0.2, 0) is 0 Å². The van der Waals surface area contributed by atoms with Crippen LogP contribution in [-0.4, -0.2) is 31.2 Å². The van der Waals surface area contributed by atoms with Crippen LogP contribution in [0.15, 0.2) is 0 Å². The lowest BCUT2D eigenvalue weighted by molar-refractivity contribution is -0.668. The highest BCUT2D eigenvalue weighted by molar-refractivity contribution is 5.74. The van der Waals surface area contributed by atoms with Crippen LogP contribution in [0.3, 0.4) is 0 Å². The second kappa shape index (κ2) is 5.45. The molecule has 4 heteroatoms. The number of quaternary nitrogens is 1. The SMILES string of the molecule is O=C(NCC1CCC[NH2+]C1)NC12CC3CC(CC(C3)C1)C2. The molecule has 1 aliphatic heterocycles. The number of hydrogen-bond donors (Lipinski definition) is 3. The molecule has 4 aliphatic carbocycles. The van der Waals surface area contributed by atoms with Crippen molar-refractivity contribution in [1.29, 1.82) is 0 Å². The maximum Gasteiger partial charge on any atom is 0.315 e. The maximum absolute atomic E-state index is 12.3. The molecule has 0 radical (unpaired) electrons. The van der Waals surface area contributed by atoms with Crippen molar-refractivity contribution >= 4 is 6.03 Å². The van der Waals surface area contributed by atoms with Gasteiger partial charge >= 0.3 is 6.03 Å². The lowest BCUT2D eigenvalue weighted by Crippen LogP contribution is -2.87. The molecule has 2 amide bonds. The first-order valence-corrected chi connectivity index (χ1v) is 9.08. The van der Waals surface area contributed by atoms with Crippen molar-refractivity contribution in [3.8, 4) is 0 Å². The molecule has 0 aromatic carbocycles. The van der Waals surface area contributed by atoms with Gasteiger partial charge in [-0.05, 0) is 69.1 Å². The van der Waals surface area contributed by atoms with Gasteiger partial charge in [0.2, 0.25) is 0 Å². The number of amides is 2. The number of piperidine rings is 1. The van der Waals surface area contributed by atoms with Crippen LogP contribution in [0, 0.1) is 23.7 Å². The first-order valence-electron chi connectivity index (χ1n) is 9.08. The summed E-state index contributed by atoms with van der Waals surface area (Å²) in [5, 5.41) is 8.94. The molecular formula is C17H30N3O+. The second-order valence-corrected chi connectivity index (χ2v) is 8.35. The van der Waals surface area contributed by atoms with Crippen LogP contribution in [0.1, 0.15) is 51.4 Å². The topological polar surface area (TPSA) is 57.7 Å². The Morgan fingerprint density at radius 3 is 2.33 bits per heavy atom. The third-order valence-corrected chi connectivity index (χ3v) is 6.49. The van der Waals surface area contributed by atoms with Gasteiger partial charge in [0.1, 0.15) is 0 Å². The molecule has 0 spiro atoms. The van der Waals surface area contributed by atoms with Crippen LogP contribution in [0.25, 0.3) is 0 Å². The predicted molar refractivity (Wildman–Crippen MR) is 81.8 cm³/mol. The number of carbonyl (C=O) groups excluding carboxylic acids is 1. The van der Waals surface area contributed by atoms with E-state index in [1.54, 1.807) is 0 Å². The van der Waals surface area contributed by atoms with E-state index in [1.807, 2.05) is 0 Å². The minimum Gasteiger partial charge on any atom is -0.346 e. The lowest BCUT2D eigenvalue weighted by atomic mass is 9.53. The van der Waals surface area contributed by atoms with Gasteiger partial charge in [0.15, 0.2) is 0 Å². The average Bonchev–Trinajstić information content (AvgIpc) is 2.44. The Morgan fingerprint density at radius 1 is 1.10 bits per heavy atom. The summed E-state index contributed by atoms with van der Waals surface area (Å²) < 4.78 is 0. The van der Waals surface area contributed by atoms with Gasteiger partial charge in [0.25, 0.3) is 0 Å². The van der Waals surface area contributed by atoms with Gasteiger partial charge in [-0.2, -0.15) is 0 Å². The summed E-state index contributed by atoms with van der Waals surface area (Å²) in [4.78, 5) is 12.3. The number of nitrogens with one attached hydrogen (secondary N) is 2. The summed E-state index contributed by atoms with van der Waals surface area (Å²) in [5.41, 5.74) is 0.150. The number of nitrogens with two attached hydrogens (primary N) is 1. The molecular weight excluding hydrogens is 262 g/mol. The van der Waals surface area contributed by atoms with Crippen molar-refractivity contribution in [3.05, 3.63) is 0 Å². The van der Waals surface area contributed by atoms with Crippen LogP contribution >= 0.6 is 0 Å². The fourth-order valence-corrected chi connectivity index (χ4v) is 5.99. The van der Waals surface area contributed by atoms with Gasteiger partial charge in [-0.15, -0.1) is 0 Å². The summed E-state index contributed by atoms with van der Waals surface area (Å²) in [5.74, 6) is 3.35. The Morgan fingerprint density at radius 2 is 1.76 bits per heavy atom. The Labute approximate surface area is 127 Å². The Bertz CT molecular complexity index is 368. The highest BCUT2D eigenvalue weighted by Gasteiger charge is 2.51. The zero-order valence-electron chi connectivity index (χ0n) is 13.1. The fraction of sp³-hybridized carbons (Fsp3) is 0.941. The minimum atomic E-state index is 0.0996. The lowest BCUT2D eigenvalue weighted by Gasteiger charge is -2.56. The highest BCUT2D eigenvalue weighted by Crippen LogP contribution is 2.55. The smallest absolute Gasteiger partial charge is 0.315 e. The van der Waals surface area contributed by atoms with Crippen molar-refractivity contribution < 1.29 is 10.1 Å². The van der Waals surface area contributed by atoms with Crippen molar-refractivity contribution in [1.82, 2.24) is 10.6 Å². The molecule has 21 heavy (non-hydrogen) atoms. The van der Waals surface area contributed by atoms with E-state index in [0.717, 1.165) is 24.3 Å². The molecule has 1 heterocycles. The molecule has 1 unspecified atom stereocenters. The van der Waals surface area contributed by atoms with Crippen LogP contribution in [0.2, 0.25) is 0 Å². The van der Waals surface area contributed by atoms with E-state index >= 15 is 0 Å². The van der Waals surface area contributed by atoms with E-state index in [-0.39, 0.29) is 11.6 Å². The standard InChI is InChI=1S/C17H29N3O/c21-16(19-11-12-2-1-3-18-10-12)20-17-7-13-4-14(8-17)6-15(5-13)9-17/h12-15,18H,1-11H2,(H2,19,20,21)/p+1. The van der Waals surface area contributed by atoms with Gasteiger partial charge in [-0.1, -0.05) is 0 Å². The fourth-order valence-electron chi connectivity index (χ4n) is 5.99. The van der Waals surface area contributed by atoms with Gasteiger partial charge in [-0.25, -0.2) is 4.79 Å². The maximum atomic E-state index is 12.3. The minimum absolute atomic E-state index is 0.0996. The van der Waals surface area contributed by atoms with Gasteiger partial charge in [0, 0.05) is 18.0 Å². The zero-order chi connectivity index (χ0) is 14.3. The largest absolute Gasteiger partial charge is 0.346 e. The summed E-state index contributed by atoms with van der Waals surface area (Å²) in [7, 11) is 0. The van der Waals surface area contributed by atoms with Crippen molar-refractivity contribution in [2.75, 3.05) is 19.6 Å². The third-order valence-electron chi connectivity index (χ3n) is 6.49. The monoisotopic (exact) mass is 292 g/mol. The molecule has 5 rings (SSSR count). The third kappa shape index (κ3) is 2.92. The second-order valence-electron chi connectivity index (χ2n) is 8.35. The van der Waals surface area contributed by atoms with Gasteiger partial charge < -0.3 is 16.0 Å². The first-order chi connectivity index (χ1) is 10.2. The van der Waals surface area contributed by atoms with Crippen LogP contribution in [0.4, 0.5) is 4.79 Å². The van der Waals surface area contributed by atoms with E-state index in [0.29, 0.717) is 5.92 Å². The van der Waals surface area contributed by atoms with Gasteiger partial charge in [-0.3, -0.25) is 0 Å². The zero-order valence-corrected chi connectivity index (χ0v) is 13.1. The van der Waals surface area contributed by atoms with E-state index in [2.05, 4.69) is 16.0 Å². The molecule has 0 aromatic rings. The van der Waals surface area contributed by atoms with Crippen LogP contribution < -0.4 is 16.0 Å². The van der Waals surface area contributed by atoms with E-state index < -0.39 is 0 Å². The molecule has 1 atom stereocenters. The Balaban J connectivity index is 1.30. The molecule has 4 nitrogen and oxygen atoms in total. The molecule has 4 saturated carbocycles. The molecule has 4 N–H and O–H groups in total. The Hall–Kier alpha value is -0.770. The number of hydrogen-bond acceptors (Lipinski definition) is 1. The summed E-state index contributed by atoms with van der Waals surface area (Å²) in [6.45, 7) is 3.29. The quantitative estimate of drug-likeness (QED) is 0.720. The highest BCUT2D eigenvalue weighted by atomic mass is 16.2. The van der Waals surface area contributed by atoms with Crippen molar-refractivity contribution in [3.63, 3.8) is 0 Å². The average molecular weight is 292 g/mol. The Kier molecular flexibility index (Phi) is 3.60.